The summed E-state index contributed by atoms with van der Waals surface area (Å²) in [5, 5.41) is 0. The molecule has 3 heteroatoms. The van der Waals surface area contributed by atoms with Crippen molar-refractivity contribution >= 4 is 5.69 Å². The minimum absolute atomic E-state index is 0.725. The van der Waals surface area contributed by atoms with Crippen LogP contribution < -0.4 is 9.64 Å². The molecule has 0 atom stereocenters. The van der Waals surface area contributed by atoms with Gasteiger partial charge in [-0.2, -0.15) is 0 Å². The number of rotatable bonds is 3. The van der Waals surface area contributed by atoms with E-state index in [2.05, 4.69) is 42.1 Å². The molecule has 1 aromatic rings. The van der Waals surface area contributed by atoms with Gasteiger partial charge in [-0.05, 0) is 39.1 Å². The number of hydrogen-bond acceptors (Lipinski definition) is 3. The molecule has 1 saturated heterocycles. The summed E-state index contributed by atoms with van der Waals surface area (Å²) in [6.45, 7) is 2.24. The van der Waals surface area contributed by atoms with Gasteiger partial charge in [-0.25, -0.2) is 0 Å². The molecule has 17 heavy (non-hydrogen) atoms. The van der Waals surface area contributed by atoms with Gasteiger partial charge in [0.2, 0.25) is 0 Å². The third-order valence-electron chi connectivity index (χ3n) is 3.54. The summed E-state index contributed by atoms with van der Waals surface area (Å²) in [7, 11) is 6.02. The van der Waals surface area contributed by atoms with E-state index >= 15 is 0 Å². The van der Waals surface area contributed by atoms with Crippen LogP contribution >= 0.6 is 0 Å². The molecule has 0 amide bonds. The lowest BCUT2D eigenvalue weighted by molar-refractivity contribution is 0.249. The van der Waals surface area contributed by atoms with E-state index in [1.165, 1.54) is 18.5 Å². The Kier molecular flexibility index (Phi) is 3.89. The van der Waals surface area contributed by atoms with E-state index in [-0.39, 0.29) is 0 Å². The summed E-state index contributed by atoms with van der Waals surface area (Å²) in [6.07, 6.45) is 2.46. The van der Waals surface area contributed by atoms with Crippen LogP contribution in [0, 0.1) is 6.07 Å². The highest BCUT2D eigenvalue weighted by Gasteiger charge is 2.20. The van der Waals surface area contributed by atoms with Crippen molar-refractivity contribution in [3.63, 3.8) is 0 Å². The molecular weight excluding hydrogens is 212 g/mol. The van der Waals surface area contributed by atoms with Crippen molar-refractivity contribution in [3.05, 3.63) is 24.3 Å². The van der Waals surface area contributed by atoms with Gasteiger partial charge >= 0.3 is 0 Å². The number of hydrogen-bond donors (Lipinski definition) is 0. The lowest BCUT2D eigenvalue weighted by Crippen LogP contribution is -2.41. The Morgan fingerprint density at radius 3 is 2.65 bits per heavy atom. The zero-order chi connectivity index (χ0) is 12.3. The van der Waals surface area contributed by atoms with Crippen LogP contribution in [0.4, 0.5) is 5.69 Å². The first-order chi connectivity index (χ1) is 8.20. The Labute approximate surface area is 104 Å². The van der Waals surface area contributed by atoms with Crippen molar-refractivity contribution in [2.24, 2.45) is 0 Å². The fraction of sp³-hybridized carbons (Fsp3) is 0.571. The van der Waals surface area contributed by atoms with E-state index in [1.54, 1.807) is 7.11 Å². The molecule has 0 N–H and O–H groups in total. The molecule has 1 heterocycles. The van der Waals surface area contributed by atoms with Gasteiger partial charge < -0.3 is 14.5 Å². The van der Waals surface area contributed by atoms with Crippen molar-refractivity contribution < 1.29 is 4.74 Å². The molecule has 3 nitrogen and oxygen atoms in total. The van der Waals surface area contributed by atoms with Crippen LogP contribution in [0.5, 0.6) is 5.75 Å². The highest BCUT2D eigenvalue weighted by Crippen LogP contribution is 2.24. The second-order valence-electron chi connectivity index (χ2n) is 4.80. The predicted molar refractivity (Wildman–Crippen MR) is 70.8 cm³/mol. The Hall–Kier alpha value is -1.22. The normalized spacial score (nSPS) is 17.5. The average molecular weight is 233 g/mol. The van der Waals surface area contributed by atoms with Gasteiger partial charge in [0, 0.05) is 37.0 Å². The molecule has 1 aliphatic rings. The zero-order valence-electron chi connectivity index (χ0n) is 10.9. The van der Waals surface area contributed by atoms with Crippen LogP contribution in [0.1, 0.15) is 12.8 Å². The molecule has 2 rings (SSSR count). The van der Waals surface area contributed by atoms with E-state index in [9.17, 15) is 0 Å². The largest absolute Gasteiger partial charge is 0.496 e. The highest BCUT2D eigenvalue weighted by atomic mass is 16.5. The number of piperidine rings is 1. The van der Waals surface area contributed by atoms with Gasteiger partial charge in [0.25, 0.3) is 0 Å². The molecule has 0 spiro atoms. The van der Waals surface area contributed by atoms with Crippen LogP contribution in [0.2, 0.25) is 0 Å². The van der Waals surface area contributed by atoms with Crippen LogP contribution in [0.3, 0.4) is 0 Å². The van der Waals surface area contributed by atoms with Crippen molar-refractivity contribution in [2.45, 2.75) is 18.9 Å². The number of nitrogens with zero attached hydrogens (tertiary/aromatic N) is 2. The number of benzene rings is 1. The molecule has 1 radical (unpaired) electrons. The molecule has 0 aromatic heterocycles. The molecular formula is C14H21N2O. The van der Waals surface area contributed by atoms with Gasteiger partial charge in [-0.3, -0.25) is 0 Å². The smallest absolute Gasteiger partial charge is 0.128 e. The maximum atomic E-state index is 5.21. The van der Waals surface area contributed by atoms with Crippen molar-refractivity contribution in [3.8, 4) is 5.75 Å². The Morgan fingerprint density at radius 1 is 1.35 bits per heavy atom. The first kappa shape index (κ1) is 12.2. The maximum absolute atomic E-state index is 5.21. The van der Waals surface area contributed by atoms with Gasteiger partial charge in [0.05, 0.1) is 7.11 Å². The van der Waals surface area contributed by atoms with Crippen LogP contribution in [-0.2, 0) is 0 Å². The maximum Gasteiger partial charge on any atom is 0.128 e. The minimum Gasteiger partial charge on any atom is -0.496 e. The number of anilines is 1. The molecule has 1 aliphatic heterocycles. The first-order valence-electron chi connectivity index (χ1n) is 6.18. The fourth-order valence-corrected chi connectivity index (χ4v) is 2.39. The molecule has 1 aromatic carbocycles. The second-order valence-corrected chi connectivity index (χ2v) is 4.80. The number of ether oxygens (including phenoxy) is 1. The lowest BCUT2D eigenvalue weighted by Gasteiger charge is -2.36. The topological polar surface area (TPSA) is 15.7 Å². The zero-order valence-corrected chi connectivity index (χ0v) is 10.9. The molecule has 93 valence electrons. The van der Waals surface area contributed by atoms with E-state index in [0.717, 1.165) is 24.9 Å². The first-order valence-corrected chi connectivity index (χ1v) is 6.18. The molecule has 1 fully saturated rings. The Balaban J connectivity index is 2.00. The quantitative estimate of drug-likeness (QED) is 0.794. The summed E-state index contributed by atoms with van der Waals surface area (Å²) in [6, 6.07) is 9.90. The standard InChI is InChI=1S/C14H21N2O/c1-15(2)12-7-9-16(10-8-12)13-5-4-6-14(11-13)17-3/h4-5,11-12H,7-10H2,1-3H3. The monoisotopic (exact) mass is 233 g/mol. The van der Waals surface area contributed by atoms with Crippen molar-refractivity contribution in [1.29, 1.82) is 0 Å². The van der Waals surface area contributed by atoms with Gasteiger partial charge in [0.15, 0.2) is 0 Å². The van der Waals surface area contributed by atoms with Crippen LogP contribution in [0.15, 0.2) is 18.2 Å². The third kappa shape index (κ3) is 2.91. The predicted octanol–water partition coefficient (Wildman–Crippen LogP) is 2.03. The van der Waals surface area contributed by atoms with Crippen molar-refractivity contribution in [1.82, 2.24) is 4.90 Å². The highest BCUT2D eigenvalue weighted by molar-refractivity contribution is 5.50. The SMILES string of the molecule is COc1[c]ccc(N2CCC(N(C)C)CC2)c1. The summed E-state index contributed by atoms with van der Waals surface area (Å²) in [5.74, 6) is 0.817. The van der Waals surface area contributed by atoms with Gasteiger partial charge in [-0.1, -0.05) is 0 Å². The second kappa shape index (κ2) is 5.41. The number of methoxy groups -OCH3 is 1. The fourth-order valence-electron chi connectivity index (χ4n) is 2.39. The minimum atomic E-state index is 0.725. The van der Waals surface area contributed by atoms with E-state index < -0.39 is 0 Å². The van der Waals surface area contributed by atoms with Gasteiger partial charge in [0.1, 0.15) is 5.75 Å². The van der Waals surface area contributed by atoms with E-state index in [0.29, 0.717) is 0 Å². The van der Waals surface area contributed by atoms with E-state index in [4.69, 9.17) is 4.74 Å². The summed E-state index contributed by atoms with van der Waals surface area (Å²) in [4.78, 5) is 4.76. The summed E-state index contributed by atoms with van der Waals surface area (Å²) < 4.78 is 5.21. The summed E-state index contributed by atoms with van der Waals surface area (Å²) in [5.41, 5.74) is 1.25. The molecule has 0 saturated carbocycles. The summed E-state index contributed by atoms with van der Waals surface area (Å²) >= 11 is 0. The van der Waals surface area contributed by atoms with E-state index in [1.807, 2.05) is 6.07 Å². The lowest BCUT2D eigenvalue weighted by atomic mass is 10.0. The van der Waals surface area contributed by atoms with Crippen molar-refractivity contribution in [2.75, 3.05) is 39.2 Å². The van der Waals surface area contributed by atoms with Crippen LogP contribution in [-0.4, -0.2) is 45.2 Å². The van der Waals surface area contributed by atoms with Crippen LogP contribution in [0.25, 0.3) is 0 Å². The molecule has 0 bridgehead atoms. The average Bonchev–Trinajstić information content (AvgIpc) is 2.39. The molecule has 0 aliphatic carbocycles. The Bertz CT molecular complexity index is 357. The third-order valence-corrected chi connectivity index (χ3v) is 3.54. The Morgan fingerprint density at radius 2 is 2.06 bits per heavy atom. The van der Waals surface area contributed by atoms with Gasteiger partial charge in [-0.15, -0.1) is 0 Å². The molecule has 0 unspecified atom stereocenters.